The molecule has 0 radical (unpaired) electrons. The van der Waals surface area contributed by atoms with E-state index in [-0.39, 0.29) is 0 Å². The summed E-state index contributed by atoms with van der Waals surface area (Å²) in [5.41, 5.74) is 9.21. The maximum atomic E-state index is 6.55. The van der Waals surface area contributed by atoms with Crippen LogP contribution in [0.15, 0.2) is 167 Å². The van der Waals surface area contributed by atoms with Crippen molar-refractivity contribution >= 4 is 65.7 Å². The molecule has 0 aliphatic carbocycles. The van der Waals surface area contributed by atoms with E-state index in [4.69, 9.17) is 23.8 Å². The van der Waals surface area contributed by atoms with Crippen LogP contribution in [0.2, 0.25) is 0 Å². The Kier molecular flexibility index (Phi) is 5.86. The van der Waals surface area contributed by atoms with E-state index in [1.807, 2.05) is 72.8 Å². The van der Waals surface area contributed by atoms with Crippen molar-refractivity contribution in [2.45, 2.75) is 0 Å². The molecule has 4 aromatic heterocycles. The van der Waals surface area contributed by atoms with Crippen molar-refractivity contribution in [1.29, 1.82) is 0 Å². The SMILES string of the molecule is c1ccc(-c2nc(-c3ccccc3)nc(-c3ccc4oc5c(ccc6c7cc(-n8c9ccccc9c9ccccc98)ccc7oc65)c4c3)n2)cc1. The number of furan rings is 2. The molecule has 11 aromatic rings. The van der Waals surface area contributed by atoms with Crippen molar-refractivity contribution in [2.24, 2.45) is 0 Å². The van der Waals surface area contributed by atoms with Crippen LogP contribution in [0.5, 0.6) is 0 Å². The van der Waals surface area contributed by atoms with Crippen LogP contribution < -0.4 is 0 Å². The predicted molar refractivity (Wildman–Crippen MR) is 205 cm³/mol. The molecule has 0 saturated carbocycles. The maximum Gasteiger partial charge on any atom is 0.178 e. The quantitative estimate of drug-likeness (QED) is 0.189. The Labute approximate surface area is 290 Å². The number of hydrogen-bond donors (Lipinski definition) is 0. The summed E-state index contributed by atoms with van der Waals surface area (Å²) in [6.07, 6.45) is 0. The maximum absolute atomic E-state index is 6.55. The molecule has 51 heavy (non-hydrogen) atoms. The van der Waals surface area contributed by atoms with Crippen molar-refractivity contribution in [3.63, 3.8) is 0 Å². The second-order valence-corrected chi connectivity index (χ2v) is 12.8. The van der Waals surface area contributed by atoms with Gasteiger partial charge in [-0.3, -0.25) is 0 Å². The van der Waals surface area contributed by atoms with Crippen molar-refractivity contribution < 1.29 is 8.83 Å². The van der Waals surface area contributed by atoms with Crippen LogP contribution in [0.4, 0.5) is 0 Å². The van der Waals surface area contributed by atoms with Crippen LogP contribution in [-0.4, -0.2) is 19.5 Å². The van der Waals surface area contributed by atoms with Gasteiger partial charge in [0.25, 0.3) is 0 Å². The van der Waals surface area contributed by atoms with E-state index < -0.39 is 0 Å². The average molecular weight is 655 g/mol. The van der Waals surface area contributed by atoms with Crippen molar-refractivity contribution in [2.75, 3.05) is 0 Å². The van der Waals surface area contributed by atoms with Gasteiger partial charge >= 0.3 is 0 Å². The summed E-state index contributed by atoms with van der Waals surface area (Å²) < 4.78 is 15.4. The zero-order valence-electron chi connectivity index (χ0n) is 27.1. The van der Waals surface area contributed by atoms with E-state index in [0.717, 1.165) is 66.3 Å². The van der Waals surface area contributed by atoms with Crippen LogP contribution >= 0.6 is 0 Å². The number of hydrogen-bond acceptors (Lipinski definition) is 5. The van der Waals surface area contributed by atoms with Gasteiger partial charge in [0, 0.05) is 54.7 Å². The van der Waals surface area contributed by atoms with Crippen LogP contribution in [0.25, 0.3) is 106 Å². The third kappa shape index (κ3) is 4.26. The molecule has 6 nitrogen and oxygen atoms in total. The average Bonchev–Trinajstić information content (AvgIpc) is 3.87. The van der Waals surface area contributed by atoms with Gasteiger partial charge in [-0.25, -0.2) is 15.0 Å². The summed E-state index contributed by atoms with van der Waals surface area (Å²) in [6.45, 7) is 0. The molecule has 6 heteroatoms. The molecule has 238 valence electrons. The molecule has 4 heterocycles. The van der Waals surface area contributed by atoms with Crippen molar-refractivity contribution in [3.05, 3.63) is 158 Å². The first kappa shape index (κ1) is 27.9. The first-order valence-corrected chi connectivity index (χ1v) is 16.9. The molecule has 0 bridgehead atoms. The first-order valence-electron chi connectivity index (χ1n) is 16.9. The molecular weight excluding hydrogens is 629 g/mol. The molecular formula is C45H26N4O2. The Hall–Kier alpha value is -7.05. The fourth-order valence-corrected chi connectivity index (χ4v) is 7.47. The molecule has 0 amide bonds. The Morgan fingerprint density at radius 2 is 0.824 bits per heavy atom. The van der Waals surface area contributed by atoms with Gasteiger partial charge in [-0.2, -0.15) is 0 Å². The lowest BCUT2D eigenvalue weighted by Crippen LogP contribution is -2.00. The normalized spacial score (nSPS) is 11.9. The van der Waals surface area contributed by atoms with Gasteiger partial charge in [0.1, 0.15) is 11.2 Å². The highest BCUT2D eigenvalue weighted by atomic mass is 16.4. The first-order chi connectivity index (χ1) is 25.3. The number of nitrogens with zero attached hydrogens (tertiary/aromatic N) is 4. The van der Waals surface area contributed by atoms with Gasteiger partial charge in [-0.05, 0) is 60.7 Å². The molecule has 0 aliphatic heterocycles. The van der Waals surface area contributed by atoms with E-state index >= 15 is 0 Å². The monoisotopic (exact) mass is 654 g/mol. The summed E-state index contributed by atoms with van der Waals surface area (Å²) in [5, 5.41) is 6.47. The minimum absolute atomic E-state index is 0.598. The van der Waals surface area contributed by atoms with E-state index in [1.54, 1.807) is 0 Å². The second kappa shape index (κ2) is 10.7. The number of rotatable bonds is 4. The van der Waals surface area contributed by atoms with E-state index in [2.05, 4.69) is 89.5 Å². The van der Waals surface area contributed by atoms with Crippen LogP contribution in [0.1, 0.15) is 0 Å². The zero-order chi connectivity index (χ0) is 33.5. The molecule has 0 unspecified atom stereocenters. The molecule has 0 fully saturated rings. The lowest BCUT2D eigenvalue weighted by molar-refractivity contribution is 0.633. The largest absolute Gasteiger partial charge is 0.452 e. The Bertz CT molecular complexity index is 3030. The Morgan fingerprint density at radius 3 is 1.39 bits per heavy atom. The number of para-hydroxylation sites is 2. The van der Waals surface area contributed by atoms with Crippen LogP contribution in [0, 0.1) is 0 Å². The summed E-state index contributed by atoms with van der Waals surface area (Å²) in [7, 11) is 0. The summed E-state index contributed by atoms with van der Waals surface area (Å²) >= 11 is 0. The zero-order valence-corrected chi connectivity index (χ0v) is 27.1. The van der Waals surface area contributed by atoms with Crippen molar-refractivity contribution in [1.82, 2.24) is 19.5 Å². The fraction of sp³-hybridized carbons (Fsp3) is 0. The topological polar surface area (TPSA) is 69.9 Å². The van der Waals surface area contributed by atoms with Gasteiger partial charge in [-0.1, -0.05) is 97.1 Å². The van der Waals surface area contributed by atoms with Gasteiger partial charge in [0.05, 0.1) is 11.0 Å². The van der Waals surface area contributed by atoms with E-state index in [0.29, 0.717) is 17.5 Å². The minimum atomic E-state index is 0.598. The predicted octanol–water partition coefficient (Wildman–Crippen LogP) is 11.8. The highest BCUT2D eigenvalue weighted by Crippen LogP contribution is 2.41. The standard InChI is InChI=1S/C45H26N4O2/c1-3-11-27(12-4-1)43-46-44(28-13-5-2-6-14-28)48-45(47-43)29-19-23-39-35(25-29)33-21-22-34-36-26-30(20-24-40(36)51-42(34)41(33)50-39)49-37-17-9-7-15-31(37)32-16-8-10-18-38(32)49/h1-26H. The van der Waals surface area contributed by atoms with Crippen molar-refractivity contribution in [3.8, 4) is 39.9 Å². The minimum Gasteiger partial charge on any atom is -0.452 e. The second-order valence-electron chi connectivity index (χ2n) is 12.8. The van der Waals surface area contributed by atoms with E-state index in [1.165, 1.54) is 21.8 Å². The third-order valence-corrected chi connectivity index (χ3v) is 9.86. The molecule has 0 saturated heterocycles. The van der Waals surface area contributed by atoms with Crippen LogP contribution in [0.3, 0.4) is 0 Å². The fourth-order valence-electron chi connectivity index (χ4n) is 7.47. The molecule has 7 aromatic carbocycles. The molecule has 0 N–H and O–H groups in total. The Balaban J connectivity index is 1.07. The molecule has 11 rings (SSSR count). The molecule has 0 aliphatic rings. The number of fused-ring (bicyclic) bond motifs is 10. The number of benzene rings is 7. The van der Waals surface area contributed by atoms with E-state index in [9.17, 15) is 0 Å². The Morgan fingerprint density at radius 1 is 0.353 bits per heavy atom. The van der Waals surface area contributed by atoms with Gasteiger partial charge in [0.2, 0.25) is 0 Å². The molecule has 0 atom stereocenters. The smallest absolute Gasteiger partial charge is 0.178 e. The van der Waals surface area contributed by atoms with Gasteiger partial charge in [0.15, 0.2) is 28.6 Å². The number of aromatic nitrogens is 4. The summed E-state index contributed by atoms with van der Waals surface area (Å²) in [4.78, 5) is 14.7. The lowest BCUT2D eigenvalue weighted by Gasteiger charge is -2.08. The summed E-state index contributed by atoms with van der Waals surface area (Å²) in [5.74, 6) is 1.85. The summed E-state index contributed by atoms with van der Waals surface area (Å²) in [6, 6.07) is 54.0. The highest BCUT2D eigenvalue weighted by Gasteiger charge is 2.19. The lowest BCUT2D eigenvalue weighted by atomic mass is 10.1. The van der Waals surface area contributed by atoms with Crippen LogP contribution in [-0.2, 0) is 0 Å². The van der Waals surface area contributed by atoms with Gasteiger partial charge in [-0.15, -0.1) is 0 Å². The highest BCUT2D eigenvalue weighted by molar-refractivity contribution is 6.19. The van der Waals surface area contributed by atoms with Gasteiger partial charge < -0.3 is 13.4 Å². The third-order valence-electron chi connectivity index (χ3n) is 9.86. The molecule has 0 spiro atoms.